The lowest BCUT2D eigenvalue weighted by molar-refractivity contribution is -0.725. The molecule has 4 rings (SSSR count). The van der Waals surface area contributed by atoms with Crippen LogP contribution in [0.2, 0.25) is 0 Å². The molecule has 0 radical (unpaired) electrons. The highest BCUT2D eigenvalue weighted by molar-refractivity contribution is 7.95. The second-order valence-corrected chi connectivity index (χ2v) is 9.54. The van der Waals surface area contributed by atoms with Crippen molar-refractivity contribution in [1.29, 1.82) is 0 Å². The highest BCUT2D eigenvalue weighted by atomic mass is 32.2. The molecule has 1 aromatic rings. The molecule has 0 unspecified atom stereocenters. The van der Waals surface area contributed by atoms with Gasteiger partial charge >= 0.3 is 0 Å². The first-order valence-electron chi connectivity index (χ1n) is 11.8. The van der Waals surface area contributed by atoms with Gasteiger partial charge in [-0.05, 0) is 63.5 Å². The molecule has 1 aromatic carbocycles. The monoisotopic (exact) mass is 449 g/mol. The molecule has 2 saturated carbocycles. The molecule has 0 bridgehead atoms. The van der Waals surface area contributed by atoms with Crippen LogP contribution in [0.4, 0.5) is 5.69 Å². The predicted molar refractivity (Wildman–Crippen MR) is 122 cm³/mol. The zero-order valence-corrected chi connectivity index (χ0v) is 19.1. The van der Waals surface area contributed by atoms with Gasteiger partial charge in [0.2, 0.25) is 0 Å². The number of benzene rings is 1. The summed E-state index contributed by atoms with van der Waals surface area (Å²) < 4.78 is 4.98. The zero-order valence-electron chi connectivity index (χ0n) is 18.2. The highest BCUT2D eigenvalue weighted by Gasteiger charge is 2.23. The molecule has 172 valence electrons. The number of carbonyl (C=O) groups is 1. The van der Waals surface area contributed by atoms with Crippen molar-refractivity contribution in [2.45, 2.75) is 100 Å². The number of nitrogens with two attached hydrogens (primary N) is 1. The van der Waals surface area contributed by atoms with E-state index in [9.17, 15) is 14.9 Å². The van der Waals surface area contributed by atoms with Crippen LogP contribution in [0.1, 0.15) is 77.0 Å². The molecule has 31 heavy (non-hydrogen) atoms. The third-order valence-electron chi connectivity index (χ3n) is 6.38. The maximum atomic E-state index is 11.6. The van der Waals surface area contributed by atoms with Gasteiger partial charge in [-0.25, -0.2) is 0 Å². The van der Waals surface area contributed by atoms with E-state index in [1.54, 1.807) is 18.2 Å². The summed E-state index contributed by atoms with van der Waals surface area (Å²) in [6, 6.07) is 7.71. The molecular weight excluding hydrogens is 414 g/mol. The first-order valence-corrected chi connectivity index (χ1v) is 12.5. The minimum atomic E-state index is -0.504. The van der Waals surface area contributed by atoms with E-state index >= 15 is 0 Å². The number of rotatable bonds is 6. The van der Waals surface area contributed by atoms with Gasteiger partial charge in [0.1, 0.15) is 16.9 Å². The van der Waals surface area contributed by atoms with Crippen LogP contribution in [0.3, 0.4) is 0 Å². The second kappa shape index (κ2) is 13.0. The average Bonchev–Trinajstić information content (AvgIpc) is 3.35. The Morgan fingerprint density at radius 1 is 0.968 bits per heavy atom. The summed E-state index contributed by atoms with van der Waals surface area (Å²) >= 11 is 0.719. The number of carbonyl (C=O) groups excluding carboxylic acids is 1. The summed E-state index contributed by atoms with van der Waals surface area (Å²) in [4.78, 5) is 22.2. The Morgan fingerprint density at radius 2 is 1.58 bits per heavy atom. The largest absolute Gasteiger partial charge is 0.650 e. The lowest BCUT2D eigenvalue weighted by atomic mass is 9.91. The molecule has 1 heterocycles. The molecule has 7 nitrogen and oxygen atoms in total. The lowest BCUT2D eigenvalue weighted by Gasteiger charge is -2.27. The first-order chi connectivity index (χ1) is 15.1. The average molecular weight is 450 g/mol. The van der Waals surface area contributed by atoms with Crippen LogP contribution in [0.15, 0.2) is 29.2 Å². The summed E-state index contributed by atoms with van der Waals surface area (Å²) in [5.74, 6) is -0.435. The summed E-state index contributed by atoms with van der Waals surface area (Å²) in [5.41, 5.74) is -0.0707. The second-order valence-electron chi connectivity index (χ2n) is 8.76. The molecule has 0 amide bonds. The van der Waals surface area contributed by atoms with Gasteiger partial charge in [0.15, 0.2) is 0 Å². The number of para-hydroxylation sites is 1. The van der Waals surface area contributed by atoms with Crippen molar-refractivity contribution >= 4 is 23.7 Å². The van der Waals surface area contributed by atoms with E-state index in [0.717, 1.165) is 30.5 Å². The number of nitro benzene ring substituents is 1. The third kappa shape index (κ3) is 8.09. The Morgan fingerprint density at radius 3 is 2.13 bits per heavy atom. The Labute approximate surface area is 189 Å². The fourth-order valence-electron chi connectivity index (χ4n) is 4.67. The molecule has 0 aromatic heterocycles. The normalized spacial score (nSPS) is 22.4. The van der Waals surface area contributed by atoms with Gasteiger partial charge in [0.05, 0.1) is 17.0 Å². The number of hydrogen-bond donors (Lipinski definition) is 1. The first kappa shape index (κ1) is 24.0. The van der Waals surface area contributed by atoms with Gasteiger partial charge in [0.25, 0.3) is 11.7 Å². The van der Waals surface area contributed by atoms with Crippen LogP contribution in [-0.4, -0.2) is 35.6 Å². The van der Waals surface area contributed by atoms with Crippen LogP contribution in [-0.2, 0) is 8.98 Å². The molecule has 1 saturated heterocycles. The minimum absolute atomic E-state index is 0.0707. The standard InChI is InChI=1S/C12H23N.C11H11N2O4S/c1-3-7-11(8-4-1)13-12-9-5-2-6-10-12;14-11(8-4-3-7-12-8)17-18-10-6-2-1-5-9(10)13(15)16/h11-13H,1-10H2;1-2,5-6,8H,3-4,7H2/q;-1/p+1/t;8-/m.0/s1. The van der Waals surface area contributed by atoms with E-state index in [0.29, 0.717) is 17.9 Å². The van der Waals surface area contributed by atoms with E-state index in [-0.39, 0.29) is 5.69 Å². The van der Waals surface area contributed by atoms with Crippen molar-refractivity contribution in [3.8, 4) is 0 Å². The zero-order chi connectivity index (χ0) is 21.9. The topological polar surface area (TPSA) is 100 Å². The van der Waals surface area contributed by atoms with Crippen LogP contribution < -0.4 is 5.32 Å². The lowest BCUT2D eigenvalue weighted by Crippen LogP contribution is -2.95. The summed E-state index contributed by atoms with van der Waals surface area (Å²) in [6.45, 7) is 0.677. The summed E-state index contributed by atoms with van der Waals surface area (Å²) in [7, 11) is 0. The molecule has 3 fully saturated rings. The van der Waals surface area contributed by atoms with Crippen LogP contribution in [0, 0.1) is 10.1 Å². The molecule has 8 heteroatoms. The maximum Gasteiger partial charge on any atom is 0.300 e. The Balaban J connectivity index is 0.000000185. The van der Waals surface area contributed by atoms with Gasteiger partial charge in [-0.3, -0.25) is 14.9 Å². The molecule has 0 spiro atoms. The minimum Gasteiger partial charge on any atom is -0.650 e. The van der Waals surface area contributed by atoms with Gasteiger partial charge in [-0.1, -0.05) is 37.8 Å². The van der Waals surface area contributed by atoms with Gasteiger partial charge in [-0.2, -0.15) is 0 Å². The highest BCUT2D eigenvalue weighted by Crippen LogP contribution is 2.31. The summed E-state index contributed by atoms with van der Waals surface area (Å²) in [5, 5.41) is 17.6. The van der Waals surface area contributed by atoms with Gasteiger partial charge in [0, 0.05) is 6.07 Å². The molecule has 1 aliphatic heterocycles. The quantitative estimate of drug-likeness (QED) is 0.378. The molecule has 2 N–H and O–H groups in total. The Bertz CT molecular complexity index is 684. The number of nitrogens with zero attached hydrogens (tertiary/aromatic N) is 2. The van der Waals surface area contributed by atoms with Crippen molar-refractivity contribution in [2.24, 2.45) is 0 Å². The van der Waals surface area contributed by atoms with Crippen molar-refractivity contribution in [2.75, 3.05) is 6.54 Å². The van der Waals surface area contributed by atoms with Crippen molar-refractivity contribution in [1.82, 2.24) is 0 Å². The molecular formula is C23H35N3O4S. The maximum absolute atomic E-state index is 11.6. The third-order valence-corrected chi connectivity index (χ3v) is 7.15. The van der Waals surface area contributed by atoms with E-state index in [2.05, 4.69) is 10.6 Å². The predicted octanol–water partition coefficient (Wildman–Crippen LogP) is 4.90. The van der Waals surface area contributed by atoms with E-state index in [1.807, 2.05) is 0 Å². The SMILES string of the molecule is C1CCC([NH2+]C2CCCCC2)CC1.O=C(OSc1ccccc1[N+](=O)[O-])[C@@H]1CCC[N-]1. The van der Waals surface area contributed by atoms with Crippen molar-refractivity contribution in [3.63, 3.8) is 0 Å². The summed E-state index contributed by atoms with van der Waals surface area (Å²) in [6.07, 6.45) is 16.5. The van der Waals surface area contributed by atoms with E-state index in [4.69, 9.17) is 4.18 Å². The van der Waals surface area contributed by atoms with Gasteiger partial charge < -0.3 is 14.8 Å². The Hall–Kier alpha value is -1.64. The number of quaternary nitrogens is 1. The van der Waals surface area contributed by atoms with Crippen molar-refractivity contribution < 1.29 is 19.2 Å². The van der Waals surface area contributed by atoms with Crippen molar-refractivity contribution in [3.05, 3.63) is 39.7 Å². The smallest absolute Gasteiger partial charge is 0.300 e. The van der Waals surface area contributed by atoms with E-state index < -0.39 is 16.9 Å². The molecule has 3 aliphatic rings. The van der Waals surface area contributed by atoms with Crippen LogP contribution in [0.5, 0.6) is 0 Å². The van der Waals surface area contributed by atoms with Crippen LogP contribution >= 0.6 is 12.0 Å². The van der Waals surface area contributed by atoms with Crippen LogP contribution in [0.25, 0.3) is 5.32 Å². The van der Waals surface area contributed by atoms with Gasteiger partial charge in [-0.15, -0.1) is 6.54 Å². The van der Waals surface area contributed by atoms with E-state index in [1.165, 1.54) is 70.3 Å². The molecule has 2 aliphatic carbocycles. The fraction of sp³-hybridized carbons (Fsp3) is 0.696. The number of nitro groups is 1. The number of hydrogen-bond acceptors (Lipinski definition) is 5. The Kier molecular flexibility index (Phi) is 10.1. The molecule has 1 atom stereocenters. The fourth-order valence-corrected chi connectivity index (χ4v) is 5.32.